The van der Waals surface area contributed by atoms with E-state index in [9.17, 15) is 0 Å². The van der Waals surface area contributed by atoms with Gasteiger partial charge in [-0.25, -0.2) is 0 Å². The normalized spacial score (nSPS) is 10.4. The summed E-state index contributed by atoms with van der Waals surface area (Å²) in [4.78, 5) is 0. The highest BCUT2D eigenvalue weighted by Crippen LogP contribution is 2.18. The van der Waals surface area contributed by atoms with Crippen molar-refractivity contribution < 1.29 is 4.74 Å². The van der Waals surface area contributed by atoms with Crippen molar-refractivity contribution >= 4 is 11.6 Å². The van der Waals surface area contributed by atoms with Crippen molar-refractivity contribution in [3.8, 4) is 5.75 Å². The Morgan fingerprint density at radius 2 is 1.81 bits per heavy atom. The molecule has 0 radical (unpaired) electrons. The minimum Gasteiger partial charge on any atom is -0.493 e. The Morgan fingerprint density at radius 1 is 1.06 bits per heavy atom. The fourth-order valence-corrected chi connectivity index (χ4v) is 1.86. The maximum absolute atomic E-state index is 5.78. The molecule has 0 unspecified atom stereocenters. The highest BCUT2D eigenvalue weighted by atomic mass is 35.5. The van der Waals surface area contributed by atoms with E-state index in [1.54, 1.807) is 0 Å². The zero-order chi connectivity index (χ0) is 11.6. The first-order chi connectivity index (χ1) is 7.88. The van der Waals surface area contributed by atoms with Crippen LogP contribution in [0, 0.1) is 0 Å². The van der Waals surface area contributed by atoms with Crippen molar-refractivity contribution in [3.05, 3.63) is 29.8 Å². The van der Waals surface area contributed by atoms with Crippen LogP contribution in [-0.2, 0) is 6.42 Å². The molecule has 0 N–H and O–H groups in total. The second kappa shape index (κ2) is 8.46. The molecule has 0 saturated heterocycles. The van der Waals surface area contributed by atoms with Gasteiger partial charge in [-0.1, -0.05) is 38.0 Å². The second-order valence-corrected chi connectivity index (χ2v) is 4.29. The van der Waals surface area contributed by atoms with Crippen molar-refractivity contribution in [2.75, 3.05) is 12.5 Å². The van der Waals surface area contributed by atoms with Crippen LogP contribution in [0.5, 0.6) is 5.75 Å². The molecule has 0 aliphatic heterocycles. The largest absolute Gasteiger partial charge is 0.493 e. The summed E-state index contributed by atoms with van der Waals surface area (Å²) in [5.41, 5.74) is 1.29. The molecule has 0 aliphatic carbocycles. The van der Waals surface area contributed by atoms with Crippen LogP contribution in [0.3, 0.4) is 0 Å². The zero-order valence-electron chi connectivity index (χ0n) is 10.0. The molecule has 2 heteroatoms. The summed E-state index contributed by atoms with van der Waals surface area (Å²) in [7, 11) is 0. The van der Waals surface area contributed by atoms with Crippen molar-refractivity contribution in [3.63, 3.8) is 0 Å². The summed E-state index contributed by atoms with van der Waals surface area (Å²) in [6.07, 6.45) is 5.69. The molecule has 90 valence electrons. The molecule has 0 spiro atoms. The van der Waals surface area contributed by atoms with Crippen LogP contribution in [0.25, 0.3) is 0 Å². The number of unbranched alkanes of at least 4 members (excludes halogenated alkanes) is 3. The zero-order valence-corrected chi connectivity index (χ0v) is 10.8. The van der Waals surface area contributed by atoms with Crippen LogP contribution in [0.2, 0.25) is 0 Å². The lowest BCUT2D eigenvalue weighted by Gasteiger charge is -2.09. The van der Waals surface area contributed by atoms with Gasteiger partial charge in [0.15, 0.2) is 0 Å². The van der Waals surface area contributed by atoms with E-state index < -0.39 is 0 Å². The van der Waals surface area contributed by atoms with Crippen LogP contribution in [0.4, 0.5) is 0 Å². The van der Waals surface area contributed by atoms with Crippen LogP contribution in [-0.4, -0.2) is 12.5 Å². The fourth-order valence-electron chi connectivity index (χ4n) is 1.67. The van der Waals surface area contributed by atoms with Crippen LogP contribution < -0.4 is 4.74 Å². The Bertz CT molecular complexity index is 286. The number of aryl methyl sites for hydroxylation is 1. The monoisotopic (exact) mass is 240 g/mol. The van der Waals surface area contributed by atoms with Gasteiger partial charge in [0, 0.05) is 5.88 Å². The molecule has 0 fully saturated rings. The topological polar surface area (TPSA) is 9.23 Å². The average molecular weight is 241 g/mol. The highest BCUT2D eigenvalue weighted by molar-refractivity contribution is 6.17. The van der Waals surface area contributed by atoms with E-state index in [0.717, 1.165) is 37.5 Å². The molecule has 16 heavy (non-hydrogen) atoms. The van der Waals surface area contributed by atoms with Crippen LogP contribution in [0.1, 0.15) is 38.2 Å². The third-order valence-electron chi connectivity index (χ3n) is 2.64. The van der Waals surface area contributed by atoms with E-state index in [0.29, 0.717) is 0 Å². The maximum atomic E-state index is 5.78. The molecule has 1 aromatic carbocycles. The third-order valence-corrected chi connectivity index (χ3v) is 2.91. The smallest absolute Gasteiger partial charge is 0.122 e. The van der Waals surface area contributed by atoms with Crippen molar-refractivity contribution in [2.45, 2.75) is 39.0 Å². The van der Waals surface area contributed by atoms with Gasteiger partial charge in [-0.05, 0) is 30.9 Å². The molecule has 0 heterocycles. The van der Waals surface area contributed by atoms with Gasteiger partial charge < -0.3 is 4.74 Å². The van der Waals surface area contributed by atoms with Gasteiger partial charge in [0.05, 0.1) is 6.61 Å². The third kappa shape index (κ3) is 4.89. The SMILES string of the molecule is CCc1ccccc1OCCCCCCCl. The van der Waals surface area contributed by atoms with Crippen molar-refractivity contribution in [2.24, 2.45) is 0 Å². The number of hydrogen-bond donors (Lipinski definition) is 0. The second-order valence-electron chi connectivity index (χ2n) is 3.91. The lowest BCUT2D eigenvalue weighted by Crippen LogP contribution is -1.99. The van der Waals surface area contributed by atoms with Crippen LogP contribution >= 0.6 is 11.6 Å². The van der Waals surface area contributed by atoms with Gasteiger partial charge in [-0.3, -0.25) is 0 Å². The van der Waals surface area contributed by atoms with Gasteiger partial charge >= 0.3 is 0 Å². The van der Waals surface area contributed by atoms with Gasteiger partial charge in [-0.15, -0.1) is 11.6 Å². The van der Waals surface area contributed by atoms with Crippen LogP contribution in [0.15, 0.2) is 24.3 Å². The molecular weight excluding hydrogens is 220 g/mol. The first-order valence-electron chi connectivity index (χ1n) is 6.15. The van der Waals surface area contributed by atoms with E-state index in [4.69, 9.17) is 16.3 Å². The molecule has 1 nitrogen and oxygen atoms in total. The molecule has 1 aromatic rings. The number of para-hydroxylation sites is 1. The Hall–Kier alpha value is -0.690. The maximum Gasteiger partial charge on any atom is 0.122 e. The molecule has 0 aliphatic rings. The Morgan fingerprint density at radius 3 is 2.56 bits per heavy atom. The summed E-state index contributed by atoms with van der Waals surface area (Å²) >= 11 is 5.62. The molecule has 0 amide bonds. The minimum absolute atomic E-state index is 0.777. The van der Waals surface area contributed by atoms with Gasteiger partial charge in [-0.2, -0.15) is 0 Å². The van der Waals surface area contributed by atoms with Gasteiger partial charge in [0.1, 0.15) is 5.75 Å². The van der Waals surface area contributed by atoms with Crippen molar-refractivity contribution in [1.82, 2.24) is 0 Å². The molecular formula is C14H21ClO. The lowest BCUT2D eigenvalue weighted by atomic mass is 10.1. The summed E-state index contributed by atoms with van der Waals surface area (Å²) in [5, 5.41) is 0. The average Bonchev–Trinajstić information content (AvgIpc) is 2.34. The number of benzene rings is 1. The summed E-state index contributed by atoms with van der Waals surface area (Å²) in [5.74, 6) is 1.82. The number of halogens is 1. The highest BCUT2D eigenvalue weighted by Gasteiger charge is 1.99. The first kappa shape index (κ1) is 13.4. The van der Waals surface area contributed by atoms with E-state index >= 15 is 0 Å². The number of hydrogen-bond acceptors (Lipinski definition) is 1. The van der Waals surface area contributed by atoms with E-state index in [2.05, 4.69) is 25.1 Å². The van der Waals surface area contributed by atoms with Crippen molar-refractivity contribution in [1.29, 1.82) is 0 Å². The lowest BCUT2D eigenvalue weighted by molar-refractivity contribution is 0.302. The summed E-state index contributed by atoms with van der Waals surface area (Å²) < 4.78 is 5.78. The summed E-state index contributed by atoms with van der Waals surface area (Å²) in [6.45, 7) is 2.97. The Kier molecular flexibility index (Phi) is 7.07. The predicted molar refractivity (Wildman–Crippen MR) is 70.5 cm³/mol. The number of rotatable bonds is 8. The first-order valence-corrected chi connectivity index (χ1v) is 6.68. The predicted octanol–water partition coefficient (Wildman–Crippen LogP) is 4.43. The molecule has 0 saturated carbocycles. The quantitative estimate of drug-likeness (QED) is 0.483. The van der Waals surface area contributed by atoms with E-state index in [-0.39, 0.29) is 0 Å². The van der Waals surface area contributed by atoms with E-state index in [1.165, 1.54) is 18.4 Å². The molecule has 0 atom stereocenters. The number of alkyl halides is 1. The Labute approximate surface area is 104 Å². The Balaban J connectivity index is 2.21. The van der Waals surface area contributed by atoms with Gasteiger partial charge in [0.25, 0.3) is 0 Å². The minimum atomic E-state index is 0.777. The summed E-state index contributed by atoms with van der Waals surface area (Å²) in [6, 6.07) is 8.27. The fraction of sp³-hybridized carbons (Fsp3) is 0.571. The molecule has 0 aromatic heterocycles. The number of ether oxygens (including phenoxy) is 1. The van der Waals surface area contributed by atoms with E-state index in [1.807, 2.05) is 6.07 Å². The molecule has 1 rings (SSSR count). The standard InChI is InChI=1S/C14H21ClO/c1-2-13-9-5-6-10-14(13)16-12-8-4-3-7-11-15/h5-6,9-10H,2-4,7-8,11-12H2,1H3. The molecule has 0 bridgehead atoms. The van der Waals surface area contributed by atoms with Gasteiger partial charge in [0.2, 0.25) is 0 Å².